The van der Waals surface area contributed by atoms with Gasteiger partial charge in [-0.05, 0) is 27.3 Å². The normalized spacial score (nSPS) is 13.2. The summed E-state index contributed by atoms with van der Waals surface area (Å²) in [6.07, 6.45) is 1.17. The Morgan fingerprint density at radius 1 is 1.50 bits per heavy atom. The summed E-state index contributed by atoms with van der Waals surface area (Å²) in [7, 11) is 6.09. The van der Waals surface area contributed by atoms with Gasteiger partial charge in [0.2, 0.25) is 0 Å². The highest BCUT2D eigenvalue weighted by atomic mass is 15.3. The Morgan fingerprint density at radius 3 is 2.62 bits per heavy atom. The lowest BCUT2D eigenvalue weighted by Gasteiger charge is -2.23. The smallest absolute Gasteiger partial charge is 0.128 e. The molecule has 1 rings (SSSR count). The minimum absolute atomic E-state index is 0.601. The highest BCUT2D eigenvalue weighted by Gasteiger charge is 2.15. The zero-order chi connectivity index (χ0) is 12.3. The highest BCUT2D eigenvalue weighted by molar-refractivity contribution is 5.46. The first-order chi connectivity index (χ1) is 7.51. The van der Waals surface area contributed by atoms with Crippen LogP contribution in [0.1, 0.15) is 31.5 Å². The molecule has 0 spiro atoms. The number of anilines is 1. The van der Waals surface area contributed by atoms with E-state index in [0.29, 0.717) is 6.04 Å². The molecule has 92 valence electrons. The van der Waals surface area contributed by atoms with Crippen LogP contribution in [0.3, 0.4) is 0 Å². The van der Waals surface area contributed by atoms with E-state index >= 15 is 0 Å². The molecule has 0 aliphatic carbocycles. The molecule has 1 unspecified atom stereocenters. The largest absolute Gasteiger partial charge is 0.373 e. The second-order valence-corrected chi connectivity index (χ2v) is 4.46. The summed E-state index contributed by atoms with van der Waals surface area (Å²) < 4.78 is 1.91. The van der Waals surface area contributed by atoms with E-state index in [9.17, 15) is 0 Å². The lowest BCUT2D eigenvalue weighted by atomic mass is 10.2. The van der Waals surface area contributed by atoms with Crippen molar-refractivity contribution in [3.63, 3.8) is 0 Å². The third-order valence-corrected chi connectivity index (χ3v) is 3.33. The molecule has 0 amide bonds. The maximum atomic E-state index is 4.45. The van der Waals surface area contributed by atoms with Crippen molar-refractivity contribution in [3.8, 4) is 0 Å². The Labute approximate surface area is 98.6 Å². The van der Waals surface area contributed by atoms with Crippen molar-refractivity contribution >= 4 is 5.82 Å². The van der Waals surface area contributed by atoms with Crippen LogP contribution in [0, 0.1) is 6.92 Å². The lowest BCUT2D eigenvalue weighted by Crippen LogP contribution is -2.28. The molecule has 0 saturated heterocycles. The Balaban J connectivity index is 2.88. The van der Waals surface area contributed by atoms with Crippen LogP contribution in [0.5, 0.6) is 0 Å². The van der Waals surface area contributed by atoms with Crippen molar-refractivity contribution < 1.29 is 0 Å². The predicted molar refractivity (Wildman–Crippen MR) is 68.7 cm³/mol. The van der Waals surface area contributed by atoms with Gasteiger partial charge < -0.3 is 5.32 Å². The van der Waals surface area contributed by atoms with Crippen molar-refractivity contribution in [3.05, 3.63) is 11.3 Å². The first-order valence-corrected chi connectivity index (χ1v) is 5.91. The molecule has 1 atom stereocenters. The molecule has 1 heterocycles. The summed E-state index contributed by atoms with van der Waals surface area (Å²) in [5.41, 5.74) is 2.41. The van der Waals surface area contributed by atoms with Crippen molar-refractivity contribution in [1.29, 1.82) is 0 Å². The average Bonchev–Trinajstić information content (AvgIpc) is 2.52. The molecule has 4 nitrogen and oxygen atoms in total. The second kappa shape index (κ2) is 5.34. The summed E-state index contributed by atoms with van der Waals surface area (Å²) >= 11 is 0. The third-order valence-electron chi connectivity index (χ3n) is 3.33. The molecule has 0 saturated carbocycles. The van der Waals surface area contributed by atoms with Crippen LogP contribution in [0.25, 0.3) is 0 Å². The fourth-order valence-electron chi connectivity index (χ4n) is 1.92. The number of hydrogen-bond acceptors (Lipinski definition) is 3. The molecular weight excluding hydrogens is 200 g/mol. The minimum atomic E-state index is 0.601. The van der Waals surface area contributed by atoms with Crippen molar-refractivity contribution in [1.82, 2.24) is 14.7 Å². The molecule has 1 aromatic rings. The van der Waals surface area contributed by atoms with Crippen LogP contribution < -0.4 is 5.32 Å². The first kappa shape index (κ1) is 13.0. The standard InChI is InChI=1S/C12H24N4/c1-7-9(2)15(5)8-11-10(3)14-16(6)12(11)13-4/h9,13H,7-8H2,1-6H3. The zero-order valence-electron chi connectivity index (χ0n) is 11.3. The van der Waals surface area contributed by atoms with Crippen LogP contribution >= 0.6 is 0 Å². The number of nitrogens with one attached hydrogen (secondary N) is 1. The van der Waals surface area contributed by atoms with Gasteiger partial charge in [-0.15, -0.1) is 0 Å². The van der Waals surface area contributed by atoms with Gasteiger partial charge in [0.25, 0.3) is 0 Å². The van der Waals surface area contributed by atoms with Gasteiger partial charge in [0.15, 0.2) is 0 Å². The first-order valence-electron chi connectivity index (χ1n) is 5.91. The number of rotatable bonds is 5. The molecule has 0 aliphatic rings. The van der Waals surface area contributed by atoms with E-state index in [0.717, 1.165) is 18.1 Å². The third kappa shape index (κ3) is 2.55. The Morgan fingerprint density at radius 2 is 2.12 bits per heavy atom. The van der Waals surface area contributed by atoms with Gasteiger partial charge in [0, 0.05) is 32.2 Å². The Kier molecular flexibility index (Phi) is 4.35. The maximum Gasteiger partial charge on any atom is 0.128 e. The van der Waals surface area contributed by atoms with Crippen LogP contribution in [0.4, 0.5) is 5.82 Å². The molecule has 1 N–H and O–H groups in total. The zero-order valence-corrected chi connectivity index (χ0v) is 11.3. The summed E-state index contributed by atoms with van der Waals surface area (Å²) in [5.74, 6) is 1.12. The summed E-state index contributed by atoms with van der Waals surface area (Å²) in [6.45, 7) is 7.49. The molecule has 0 aromatic carbocycles. The van der Waals surface area contributed by atoms with Crippen LogP contribution in [0.2, 0.25) is 0 Å². The molecule has 0 aliphatic heterocycles. The number of aromatic nitrogens is 2. The quantitative estimate of drug-likeness (QED) is 0.830. The van der Waals surface area contributed by atoms with Crippen LogP contribution in [-0.2, 0) is 13.6 Å². The summed E-state index contributed by atoms with van der Waals surface area (Å²) in [4.78, 5) is 2.37. The molecule has 4 heteroatoms. The summed E-state index contributed by atoms with van der Waals surface area (Å²) in [6, 6.07) is 0.601. The topological polar surface area (TPSA) is 33.1 Å². The van der Waals surface area contributed by atoms with E-state index in [2.05, 4.69) is 43.1 Å². The van der Waals surface area contributed by atoms with Gasteiger partial charge in [0.1, 0.15) is 5.82 Å². The van der Waals surface area contributed by atoms with Gasteiger partial charge in [-0.3, -0.25) is 9.58 Å². The van der Waals surface area contributed by atoms with E-state index in [1.165, 1.54) is 12.0 Å². The molecule has 0 radical (unpaired) electrons. The molecule has 1 aromatic heterocycles. The fraction of sp³-hybridized carbons (Fsp3) is 0.750. The van der Waals surface area contributed by atoms with Gasteiger partial charge in [0.05, 0.1) is 5.69 Å². The monoisotopic (exact) mass is 224 g/mol. The average molecular weight is 224 g/mol. The van der Waals surface area contributed by atoms with E-state index in [4.69, 9.17) is 0 Å². The SMILES string of the molecule is CCC(C)N(C)Cc1c(C)nn(C)c1NC. The second-order valence-electron chi connectivity index (χ2n) is 4.46. The Hall–Kier alpha value is -1.03. The van der Waals surface area contributed by atoms with Crippen molar-refractivity contribution in [2.75, 3.05) is 19.4 Å². The van der Waals surface area contributed by atoms with Crippen molar-refractivity contribution in [2.45, 2.75) is 39.8 Å². The predicted octanol–water partition coefficient (Wildman–Crippen LogP) is 2.00. The van der Waals surface area contributed by atoms with E-state index in [-0.39, 0.29) is 0 Å². The van der Waals surface area contributed by atoms with E-state index in [1.807, 2.05) is 18.8 Å². The lowest BCUT2D eigenvalue weighted by molar-refractivity contribution is 0.244. The molecule has 16 heavy (non-hydrogen) atoms. The molecular formula is C12H24N4. The van der Waals surface area contributed by atoms with Crippen molar-refractivity contribution in [2.24, 2.45) is 7.05 Å². The number of nitrogens with zero attached hydrogens (tertiary/aromatic N) is 3. The van der Waals surface area contributed by atoms with Gasteiger partial charge >= 0.3 is 0 Å². The highest BCUT2D eigenvalue weighted by Crippen LogP contribution is 2.20. The van der Waals surface area contributed by atoms with Gasteiger partial charge in [-0.2, -0.15) is 5.10 Å². The number of aryl methyl sites for hydroxylation is 2. The summed E-state index contributed by atoms with van der Waals surface area (Å²) in [5, 5.41) is 7.67. The fourth-order valence-corrected chi connectivity index (χ4v) is 1.92. The van der Waals surface area contributed by atoms with Gasteiger partial charge in [-0.1, -0.05) is 6.92 Å². The van der Waals surface area contributed by atoms with Crippen LogP contribution in [-0.4, -0.2) is 34.8 Å². The van der Waals surface area contributed by atoms with E-state index in [1.54, 1.807) is 0 Å². The van der Waals surface area contributed by atoms with Gasteiger partial charge in [-0.25, -0.2) is 0 Å². The number of hydrogen-bond donors (Lipinski definition) is 1. The maximum absolute atomic E-state index is 4.45. The molecule has 0 bridgehead atoms. The van der Waals surface area contributed by atoms with Crippen LogP contribution in [0.15, 0.2) is 0 Å². The van der Waals surface area contributed by atoms with E-state index < -0.39 is 0 Å². The molecule has 0 fully saturated rings. The Bertz CT molecular complexity index is 343. The minimum Gasteiger partial charge on any atom is -0.373 e.